The van der Waals surface area contributed by atoms with Crippen molar-refractivity contribution in [3.8, 4) is 28.9 Å². The van der Waals surface area contributed by atoms with Crippen molar-refractivity contribution in [2.45, 2.75) is 5.51 Å². The maximum atomic E-state index is 12.5. The molecule has 0 atom stereocenters. The summed E-state index contributed by atoms with van der Waals surface area (Å²) in [5.41, 5.74) is -6.63. The molecule has 0 amide bonds. The van der Waals surface area contributed by atoms with E-state index in [0.29, 0.717) is 5.75 Å². The van der Waals surface area contributed by atoms with Crippen LogP contribution >= 0.6 is 0 Å². The Hall–Kier alpha value is -3.16. The maximum Gasteiger partial charge on any atom is 0.534 e. The molecule has 0 radical (unpaired) electrons. The van der Waals surface area contributed by atoms with Crippen LogP contribution in [0.15, 0.2) is 18.2 Å². The Morgan fingerprint density at radius 3 is 2.62 bits per heavy atom. The standard InChI is InChI=1S/C12H7F3N2O8S/c13-12(14,15)26(20,21)25-10-9(8(11(18)19)16-17-10)24-5-1-2-6-7(3-5)23-4-22-6/h1-3H,4H2,(H,16,17)(H,18,19). The van der Waals surface area contributed by atoms with E-state index in [1.165, 1.54) is 18.2 Å². The fourth-order valence-corrected chi connectivity index (χ4v) is 2.25. The normalized spacial score (nSPS) is 13.5. The molecule has 14 heteroatoms. The first-order chi connectivity index (χ1) is 12.1. The molecule has 0 aliphatic carbocycles. The summed E-state index contributed by atoms with van der Waals surface area (Å²) in [7, 11) is -6.08. The van der Waals surface area contributed by atoms with Gasteiger partial charge in [-0.2, -0.15) is 26.7 Å². The van der Waals surface area contributed by atoms with E-state index in [0.717, 1.165) is 0 Å². The average molecular weight is 396 g/mol. The predicted molar refractivity (Wildman–Crippen MR) is 73.8 cm³/mol. The average Bonchev–Trinajstić information content (AvgIpc) is 3.13. The lowest BCUT2D eigenvalue weighted by atomic mass is 10.3. The minimum absolute atomic E-state index is 0.0664. The van der Waals surface area contributed by atoms with Crippen molar-refractivity contribution in [3.05, 3.63) is 23.9 Å². The Labute approximate surface area is 142 Å². The molecule has 0 bridgehead atoms. The second-order valence-corrected chi connectivity index (χ2v) is 6.17. The van der Waals surface area contributed by atoms with E-state index in [1.807, 2.05) is 0 Å². The number of ether oxygens (including phenoxy) is 3. The van der Waals surface area contributed by atoms with Gasteiger partial charge in [0.1, 0.15) is 5.75 Å². The Morgan fingerprint density at radius 1 is 1.27 bits per heavy atom. The van der Waals surface area contributed by atoms with Crippen molar-refractivity contribution in [1.82, 2.24) is 10.2 Å². The highest BCUT2D eigenvalue weighted by Gasteiger charge is 2.49. The minimum Gasteiger partial charge on any atom is -0.476 e. The first kappa shape index (κ1) is 17.7. The molecule has 2 aromatic rings. The van der Waals surface area contributed by atoms with Crippen LogP contribution in [0.4, 0.5) is 13.2 Å². The zero-order valence-electron chi connectivity index (χ0n) is 12.2. The molecule has 140 valence electrons. The number of hydrogen-bond acceptors (Lipinski definition) is 8. The summed E-state index contributed by atoms with van der Waals surface area (Å²) in [6, 6.07) is 3.93. The Bertz CT molecular complexity index is 969. The van der Waals surface area contributed by atoms with Gasteiger partial charge in [-0.3, -0.25) is 0 Å². The van der Waals surface area contributed by atoms with Gasteiger partial charge >= 0.3 is 21.6 Å². The summed E-state index contributed by atoms with van der Waals surface area (Å²) in [5, 5.41) is 14.0. The van der Waals surface area contributed by atoms with Crippen LogP contribution in [0.3, 0.4) is 0 Å². The van der Waals surface area contributed by atoms with Crippen LogP contribution in [0, 0.1) is 0 Å². The highest BCUT2D eigenvalue weighted by Crippen LogP contribution is 2.40. The molecular weight excluding hydrogens is 389 g/mol. The molecule has 3 rings (SSSR count). The van der Waals surface area contributed by atoms with Crippen molar-refractivity contribution in [1.29, 1.82) is 0 Å². The quantitative estimate of drug-likeness (QED) is 0.573. The van der Waals surface area contributed by atoms with Gasteiger partial charge in [0.2, 0.25) is 18.2 Å². The van der Waals surface area contributed by atoms with Gasteiger partial charge in [0.15, 0.2) is 11.5 Å². The number of aromatic nitrogens is 2. The fraction of sp³-hybridized carbons (Fsp3) is 0.167. The third-order valence-electron chi connectivity index (χ3n) is 2.93. The number of nitrogens with zero attached hydrogens (tertiary/aromatic N) is 1. The molecule has 0 saturated carbocycles. The molecule has 0 spiro atoms. The Kier molecular flexibility index (Phi) is 4.06. The molecule has 0 saturated heterocycles. The van der Waals surface area contributed by atoms with Crippen LogP contribution in [0.1, 0.15) is 10.5 Å². The van der Waals surface area contributed by atoms with Crippen molar-refractivity contribution in [3.63, 3.8) is 0 Å². The van der Waals surface area contributed by atoms with Gasteiger partial charge in [0.25, 0.3) is 5.88 Å². The first-order valence-electron chi connectivity index (χ1n) is 6.48. The van der Waals surface area contributed by atoms with E-state index in [1.54, 1.807) is 5.10 Å². The SMILES string of the molecule is O=C(O)c1n[nH]c(OS(=O)(=O)C(F)(F)F)c1Oc1ccc2c(c1)OCO2. The van der Waals surface area contributed by atoms with E-state index in [2.05, 4.69) is 9.28 Å². The lowest BCUT2D eigenvalue weighted by Gasteiger charge is -2.10. The number of halogens is 3. The number of aromatic carboxylic acids is 1. The molecule has 1 aromatic carbocycles. The summed E-state index contributed by atoms with van der Waals surface area (Å²) >= 11 is 0. The highest BCUT2D eigenvalue weighted by molar-refractivity contribution is 7.88. The molecule has 1 aromatic heterocycles. The van der Waals surface area contributed by atoms with E-state index in [4.69, 9.17) is 19.3 Å². The van der Waals surface area contributed by atoms with Crippen LogP contribution in [0.5, 0.6) is 28.9 Å². The topological polar surface area (TPSA) is 137 Å². The van der Waals surface area contributed by atoms with Gasteiger partial charge < -0.3 is 23.5 Å². The number of nitrogens with one attached hydrogen (secondary N) is 1. The molecule has 0 unspecified atom stereocenters. The first-order valence-corrected chi connectivity index (χ1v) is 7.89. The number of aromatic amines is 1. The summed E-state index contributed by atoms with van der Waals surface area (Å²) in [5.74, 6) is -3.22. The second-order valence-electron chi connectivity index (χ2n) is 4.64. The summed E-state index contributed by atoms with van der Waals surface area (Å²) in [6.07, 6.45) is 0. The van der Waals surface area contributed by atoms with Crippen LogP contribution in [-0.2, 0) is 10.1 Å². The third kappa shape index (κ3) is 3.17. The molecule has 26 heavy (non-hydrogen) atoms. The zero-order chi connectivity index (χ0) is 19.1. The number of H-pyrrole nitrogens is 1. The van der Waals surface area contributed by atoms with Crippen molar-refractivity contribution in [2.75, 3.05) is 6.79 Å². The molecular formula is C12H7F3N2O8S. The maximum absolute atomic E-state index is 12.5. The molecule has 10 nitrogen and oxygen atoms in total. The number of benzene rings is 1. The molecule has 1 aliphatic rings. The predicted octanol–water partition coefficient (Wildman–Crippen LogP) is 1.86. The minimum atomic E-state index is -6.08. The van der Waals surface area contributed by atoms with Gasteiger partial charge in [-0.15, -0.1) is 0 Å². The highest BCUT2D eigenvalue weighted by atomic mass is 32.2. The summed E-state index contributed by atoms with van der Waals surface area (Å²) in [6.45, 7) is -0.0664. The lowest BCUT2D eigenvalue weighted by molar-refractivity contribution is -0.0501. The third-order valence-corrected chi connectivity index (χ3v) is 3.89. The number of hydrogen-bond donors (Lipinski definition) is 2. The molecule has 2 N–H and O–H groups in total. The molecule has 0 fully saturated rings. The van der Waals surface area contributed by atoms with Crippen LogP contribution in [-0.4, -0.2) is 42.0 Å². The van der Waals surface area contributed by atoms with Crippen molar-refractivity contribution < 1.29 is 49.9 Å². The van der Waals surface area contributed by atoms with Gasteiger partial charge in [-0.1, -0.05) is 0 Å². The van der Waals surface area contributed by atoms with E-state index in [9.17, 15) is 26.4 Å². The largest absolute Gasteiger partial charge is 0.534 e. The summed E-state index contributed by atoms with van der Waals surface area (Å²) < 4.78 is 78.8. The second kappa shape index (κ2) is 5.98. The molecule has 2 heterocycles. The fourth-order valence-electron chi connectivity index (χ4n) is 1.83. The van der Waals surface area contributed by atoms with Crippen molar-refractivity contribution in [2.24, 2.45) is 0 Å². The van der Waals surface area contributed by atoms with Gasteiger partial charge in [-0.05, 0) is 12.1 Å². The monoisotopic (exact) mass is 396 g/mol. The number of alkyl halides is 3. The van der Waals surface area contributed by atoms with Gasteiger partial charge in [0.05, 0.1) is 0 Å². The number of rotatable bonds is 5. The zero-order valence-corrected chi connectivity index (χ0v) is 13.0. The van der Waals surface area contributed by atoms with Crippen molar-refractivity contribution >= 4 is 16.1 Å². The van der Waals surface area contributed by atoms with Crippen LogP contribution < -0.4 is 18.4 Å². The smallest absolute Gasteiger partial charge is 0.476 e. The Morgan fingerprint density at radius 2 is 1.96 bits per heavy atom. The van der Waals surface area contributed by atoms with Crippen LogP contribution in [0.2, 0.25) is 0 Å². The number of carboxylic acid groups (broad SMARTS) is 1. The summed E-state index contributed by atoms with van der Waals surface area (Å²) in [4.78, 5) is 11.1. The molecule has 1 aliphatic heterocycles. The van der Waals surface area contributed by atoms with E-state index < -0.39 is 38.9 Å². The number of fused-ring (bicyclic) bond motifs is 1. The van der Waals surface area contributed by atoms with E-state index in [-0.39, 0.29) is 18.3 Å². The lowest BCUT2D eigenvalue weighted by Crippen LogP contribution is -2.28. The van der Waals surface area contributed by atoms with E-state index >= 15 is 0 Å². The van der Waals surface area contributed by atoms with Crippen LogP contribution in [0.25, 0.3) is 0 Å². The van der Waals surface area contributed by atoms with Gasteiger partial charge in [0, 0.05) is 6.07 Å². The Balaban J connectivity index is 1.97. The number of carbonyl (C=O) groups is 1. The number of carboxylic acids is 1. The van der Waals surface area contributed by atoms with Gasteiger partial charge in [-0.25, -0.2) is 9.89 Å².